The highest BCUT2D eigenvalue weighted by molar-refractivity contribution is 6.32. The fraction of sp³-hybridized carbons (Fsp3) is 0.406. The first kappa shape index (κ1) is 29.1. The molecule has 2 unspecified atom stereocenters. The number of ketones is 1. The highest BCUT2D eigenvalue weighted by atomic mass is 28.2. The summed E-state index contributed by atoms with van der Waals surface area (Å²) < 4.78 is 45.0. The van der Waals surface area contributed by atoms with Gasteiger partial charge >= 0.3 is 0 Å². The van der Waals surface area contributed by atoms with Gasteiger partial charge < -0.3 is 14.1 Å². The van der Waals surface area contributed by atoms with Crippen molar-refractivity contribution in [3.05, 3.63) is 101 Å². The third kappa shape index (κ3) is 6.00. The molecule has 3 aromatic carbocycles. The normalized spacial score (nSPS) is 18.3. The van der Waals surface area contributed by atoms with Gasteiger partial charge in [-0.1, -0.05) is 88.4 Å². The van der Waals surface area contributed by atoms with Crippen LogP contribution in [0.15, 0.2) is 66.7 Å². The van der Waals surface area contributed by atoms with E-state index in [-0.39, 0.29) is 44.7 Å². The van der Waals surface area contributed by atoms with Crippen molar-refractivity contribution in [1.29, 1.82) is 0 Å². The Bertz CT molecular complexity index is 1240. The van der Waals surface area contributed by atoms with Crippen molar-refractivity contribution < 1.29 is 22.7 Å². The standard InChI is InChI=1S/C32H37F2NO3Si/c1-7-27(36)25-18-26(30(29(34)28(25)33)35-19-21(2)37-22(3)20-35)32(38-39-31(4,5)6,23-14-10-8-11-15-23)24-16-12-9-13-17-24/h8-18,21-22H,7,19-20H2,1-6H3. The molecule has 4 nitrogen and oxygen atoms in total. The molecule has 39 heavy (non-hydrogen) atoms. The number of hydrogen-bond donors (Lipinski definition) is 0. The number of Topliss-reactive ketones (excluding diaryl/α,β-unsaturated/α-hetero) is 1. The number of carbonyl (C=O) groups is 1. The topological polar surface area (TPSA) is 38.8 Å². The highest BCUT2D eigenvalue weighted by Crippen LogP contribution is 2.48. The third-order valence-electron chi connectivity index (χ3n) is 6.79. The molecule has 1 fully saturated rings. The number of carbonyl (C=O) groups excluding carboxylic acids is 1. The first-order chi connectivity index (χ1) is 18.5. The molecule has 0 spiro atoms. The molecule has 206 valence electrons. The van der Waals surface area contributed by atoms with Crippen molar-refractivity contribution in [2.75, 3.05) is 18.0 Å². The van der Waals surface area contributed by atoms with Gasteiger partial charge in [0, 0.05) is 25.1 Å². The Hall–Kier alpha value is -2.87. The molecule has 1 heterocycles. The van der Waals surface area contributed by atoms with Crippen LogP contribution in [-0.4, -0.2) is 40.8 Å². The fourth-order valence-corrected chi connectivity index (χ4v) is 5.98. The third-order valence-corrected chi connectivity index (χ3v) is 7.81. The fourth-order valence-electron chi connectivity index (χ4n) is 5.17. The Balaban J connectivity index is 2.15. The van der Waals surface area contributed by atoms with Crippen LogP contribution in [0.25, 0.3) is 0 Å². The van der Waals surface area contributed by atoms with E-state index in [0.29, 0.717) is 18.7 Å². The molecule has 0 N–H and O–H groups in total. The lowest BCUT2D eigenvalue weighted by Gasteiger charge is -2.43. The van der Waals surface area contributed by atoms with Gasteiger partial charge in [0.05, 0.1) is 23.5 Å². The minimum Gasteiger partial charge on any atom is -0.400 e. The average Bonchev–Trinajstić information content (AvgIpc) is 2.90. The van der Waals surface area contributed by atoms with Crippen LogP contribution in [0.2, 0.25) is 5.04 Å². The van der Waals surface area contributed by atoms with E-state index in [1.54, 1.807) is 6.92 Å². The number of halogens is 2. The van der Waals surface area contributed by atoms with Crippen LogP contribution in [0, 0.1) is 11.6 Å². The summed E-state index contributed by atoms with van der Waals surface area (Å²) in [7, 11) is 0.00643. The largest absolute Gasteiger partial charge is 0.400 e. The Kier molecular flexibility index (Phi) is 8.74. The van der Waals surface area contributed by atoms with Gasteiger partial charge in [-0.25, -0.2) is 8.78 Å². The minimum atomic E-state index is -1.31. The van der Waals surface area contributed by atoms with Gasteiger partial charge in [-0.05, 0) is 36.1 Å². The number of ether oxygens (including phenoxy) is 1. The molecule has 2 atom stereocenters. The monoisotopic (exact) mass is 549 g/mol. The Morgan fingerprint density at radius 3 is 1.92 bits per heavy atom. The molecule has 0 saturated carbocycles. The van der Waals surface area contributed by atoms with E-state index in [4.69, 9.17) is 9.16 Å². The first-order valence-corrected chi connectivity index (χ1v) is 14.4. The maximum Gasteiger partial charge on any atom is 0.237 e. The van der Waals surface area contributed by atoms with Gasteiger partial charge in [-0.2, -0.15) is 0 Å². The molecule has 0 aliphatic carbocycles. The van der Waals surface area contributed by atoms with Crippen LogP contribution in [0.1, 0.15) is 75.0 Å². The van der Waals surface area contributed by atoms with Crippen LogP contribution in [0.4, 0.5) is 14.5 Å². The Morgan fingerprint density at radius 1 is 0.949 bits per heavy atom. The molecule has 1 aliphatic rings. The van der Waals surface area contributed by atoms with Gasteiger partial charge in [-0.3, -0.25) is 4.79 Å². The van der Waals surface area contributed by atoms with E-state index in [0.717, 1.165) is 11.1 Å². The van der Waals surface area contributed by atoms with E-state index in [1.807, 2.05) is 79.4 Å². The summed E-state index contributed by atoms with van der Waals surface area (Å²) in [5.41, 5.74) is 0.476. The number of morpholine rings is 1. The number of anilines is 1. The summed E-state index contributed by atoms with van der Waals surface area (Å²) >= 11 is 0. The predicted octanol–water partition coefficient (Wildman–Crippen LogP) is 7.32. The molecule has 0 bridgehead atoms. The van der Waals surface area contributed by atoms with Crippen molar-refractivity contribution >= 4 is 21.2 Å². The highest BCUT2D eigenvalue weighted by Gasteiger charge is 2.44. The van der Waals surface area contributed by atoms with E-state index in [2.05, 4.69) is 20.8 Å². The van der Waals surface area contributed by atoms with Gasteiger partial charge in [-0.15, -0.1) is 0 Å². The quantitative estimate of drug-likeness (QED) is 0.168. The van der Waals surface area contributed by atoms with Crippen molar-refractivity contribution in [3.63, 3.8) is 0 Å². The van der Waals surface area contributed by atoms with Crippen molar-refractivity contribution in [2.45, 2.75) is 70.8 Å². The summed E-state index contributed by atoms with van der Waals surface area (Å²) in [6.45, 7) is 12.5. The van der Waals surface area contributed by atoms with Crippen LogP contribution in [-0.2, 0) is 14.8 Å². The van der Waals surface area contributed by atoms with Crippen LogP contribution in [0.5, 0.6) is 0 Å². The average molecular weight is 550 g/mol. The molecule has 0 amide bonds. The van der Waals surface area contributed by atoms with E-state index >= 15 is 8.78 Å². The number of rotatable bonds is 8. The van der Waals surface area contributed by atoms with Gasteiger partial charge in [0.15, 0.2) is 17.4 Å². The lowest BCUT2D eigenvalue weighted by atomic mass is 9.78. The maximum atomic E-state index is 16.4. The number of hydrogen-bond acceptors (Lipinski definition) is 4. The second-order valence-electron chi connectivity index (χ2n) is 11.3. The lowest BCUT2D eigenvalue weighted by molar-refractivity contribution is -0.00567. The van der Waals surface area contributed by atoms with Crippen LogP contribution in [0.3, 0.4) is 0 Å². The zero-order valence-electron chi connectivity index (χ0n) is 23.6. The molecule has 3 aromatic rings. The minimum absolute atomic E-state index is 0.00643. The summed E-state index contributed by atoms with van der Waals surface area (Å²) in [4.78, 5) is 14.8. The van der Waals surface area contributed by atoms with Gasteiger partial charge in [0.25, 0.3) is 0 Å². The van der Waals surface area contributed by atoms with Crippen molar-refractivity contribution in [1.82, 2.24) is 0 Å². The Morgan fingerprint density at radius 2 is 1.46 bits per heavy atom. The molecule has 4 rings (SSSR count). The summed E-state index contributed by atoms with van der Waals surface area (Å²) in [5.74, 6) is -2.62. The predicted molar refractivity (Wildman–Crippen MR) is 153 cm³/mol. The van der Waals surface area contributed by atoms with E-state index in [1.165, 1.54) is 6.07 Å². The summed E-state index contributed by atoms with van der Waals surface area (Å²) in [6, 6.07) is 20.8. The second-order valence-corrected chi connectivity index (χ2v) is 13.2. The lowest BCUT2D eigenvalue weighted by Crippen LogP contribution is -2.47. The van der Waals surface area contributed by atoms with Gasteiger partial charge in [0.1, 0.15) is 5.60 Å². The number of nitrogens with zero attached hydrogens (tertiary/aromatic N) is 1. The number of benzene rings is 3. The van der Waals surface area contributed by atoms with Crippen molar-refractivity contribution in [2.24, 2.45) is 0 Å². The second kappa shape index (κ2) is 11.7. The summed E-state index contributed by atoms with van der Waals surface area (Å²) in [5, 5.41) is -0.211. The molecule has 7 heteroatoms. The molecule has 2 radical (unpaired) electrons. The first-order valence-electron chi connectivity index (χ1n) is 13.5. The zero-order chi connectivity index (χ0) is 28.4. The maximum absolute atomic E-state index is 16.4. The molecule has 1 saturated heterocycles. The van der Waals surface area contributed by atoms with Crippen molar-refractivity contribution in [3.8, 4) is 0 Å². The smallest absolute Gasteiger partial charge is 0.237 e. The van der Waals surface area contributed by atoms with Crippen LogP contribution < -0.4 is 4.90 Å². The zero-order valence-corrected chi connectivity index (χ0v) is 24.6. The SMILES string of the molecule is CCC(=O)c1cc(C(O[Si]C(C)(C)C)(c2ccccc2)c2ccccc2)c(N2CC(C)OC(C)C2)c(F)c1F. The molecular formula is C32H37F2NO3Si. The van der Waals surface area contributed by atoms with E-state index < -0.39 is 23.0 Å². The van der Waals surface area contributed by atoms with E-state index in [9.17, 15) is 4.79 Å². The molecule has 1 aliphatic heterocycles. The van der Waals surface area contributed by atoms with Gasteiger partial charge in [0.2, 0.25) is 9.76 Å². The Labute approximate surface area is 233 Å². The molecular weight excluding hydrogens is 512 g/mol. The molecule has 0 aromatic heterocycles. The van der Waals surface area contributed by atoms with Crippen LogP contribution >= 0.6 is 0 Å². The summed E-state index contributed by atoms with van der Waals surface area (Å²) in [6.07, 6.45) is -0.336.